The third-order valence-electron chi connectivity index (χ3n) is 2.13. The zero-order valence-corrected chi connectivity index (χ0v) is 8.86. The summed E-state index contributed by atoms with van der Waals surface area (Å²) in [5.41, 5.74) is 2.15. The summed E-state index contributed by atoms with van der Waals surface area (Å²) in [5, 5.41) is 15.3. The Balaban J connectivity index is 3.05. The molecule has 1 rings (SSSR count). The zero-order chi connectivity index (χ0) is 10.6. The Hall–Kier alpha value is -1.51. The fourth-order valence-electron chi connectivity index (χ4n) is 1.21. The molecule has 0 saturated heterocycles. The maximum absolute atomic E-state index is 9.37. The van der Waals surface area contributed by atoms with E-state index in [1.54, 1.807) is 29.6 Å². The van der Waals surface area contributed by atoms with Crippen molar-refractivity contribution < 1.29 is 5.11 Å². The van der Waals surface area contributed by atoms with Crippen LogP contribution in [0.25, 0.3) is 0 Å². The molecule has 0 bridgehead atoms. The fourth-order valence-corrected chi connectivity index (χ4v) is 1.21. The van der Waals surface area contributed by atoms with Crippen molar-refractivity contribution in [2.24, 2.45) is 5.10 Å². The van der Waals surface area contributed by atoms with Crippen LogP contribution in [-0.2, 0) is 0 Å². The van der Waals surface area contributed by atoms with Crippen LogP contribution < -0.4 is 0 Å². The van der Waals surface area contributed by atoms with Crippen LogP contribution in [0.1, 0.15) is 27.2 Å². The van der Waals surface area contributed by atoms with E-state index in [1.807, 2.05) is 13.8 Å². The topological polar surface area (TPSA) is 35.8 Å². The lowest BCUT2D eigenvalue weighted by atomic mass is 10.1. The summed E-state index contributed by atoms with van der Waals surface area (Å²) < 4.78 is 0. The molecule has 1 aliphatic heterocycles. The third-order valence-corrected chi connectivity index (χ3v) is 2.13. The average molecular weight is 192 g/mol. The highest BCUT2D eigenvalue weighted by Gasteiger charge is 2.10. The van der Waals surface area contributed by atoms with Crippen molar-refractivity contribution in [1.82, 2.24) is 5.01 Å². The van der Waals surface area contributed by atoms with Crippen molar-refractivity contribution in [2.75, 3.05) is 0 Å². The van der Waals surface area contributed by atoms with Crippen molar-refractivity contribution in [3.05, 3.63) is 35.4 Å². The van der Waals surface area contributed by atoms with E-state index in [0.717, 1.165) is 12.1 Å². The molecule has 14 heavy (non-hydrogen) atoms. The number of hydrogen-bond donors (Lipinski definition) is 1. The molecular formula is C11H16N2O. The van der Waals surface area contributed by atoms with E-state index in [4.69, 9.17) is 0 Å². The maximum Gasteiger partial charge on any atom is 0.119 e. The second kappa shape index (κ2) is 4.65. The first-order chi connectivity index (χ1) is 6.69. The lowest BCUT2D eigenvalue weighted by Crippen LogP contribution is -2.13. The molecule has 0 unspecified atom stereocenters. The summed E-state index contributed by atoms with van der Waals surface area (Å²) in [7, 11) is 0. The summed E-state index contributed by atoms with van der Waals surface area (Å²) in [4.78, 5) is 0. The van der Waals surface area contributed by atoms with Gasteiger partial charge in [0.1, 0.15) is 5.76 Å². The second-order valence-electron chi connectivity index (χ2n) is 3.12. The van der Waals surface area contributed by atoms with Gasteiger partial charge < -0.3 is 5.11 Å². The third kappa shape index (κ3) is 2.25. The van der Waals surface area contributed by atoms with E-state index in [2.05, 4.69) is 12.0 Å². The summed E-state index contributed by atoms with van der Waals surface area (Å²) in [6.07, 6.45) is 7.78. The van der Waals surface area contributed by atoms with Gasteiger partial charge in [0.25, 0.3) is 0 Å². The van der Waals surface area contributed by atoms with Gasteiger partial charge in [-0.15, -0.1) is 0 Å². The highest BCUT2D eigenvalue weighted by molar-refractivity contribution is 5.53. The van der Waals surface area contributed by atoms with Crippen LogP contribution in [0.15, 0.2) is 40.5 Å². The van der Waals surface area contributed by atoms with Gasteiger partial charge in [-0.3, -0.25) is 0 Å². The number of hydrogen-bond acceptors (Lipinski definition) is 3. The molecule has 0 aromatic rings. The number of nitrogens with zero attached hydrogens (tertiary/aromatic N) is 2. The fraction of sp³-hybridized carbons (Fsp3) is 0.364. The van der Waals surface area contributed by atoms with Gasteiger partial charge >= 0.3 is 0 Å². The first kappa shape index (κ1) is 10.6. The van der Waals surface area contributed by atoms with Crippen LogP contribution in [-0.4, -0.2) is 16.3 Å². The van der Waals surface area contributed by atoms with Gasteiger partial charge in [-0.1, -0.05) is 6.92 Å². The van der Waals surface area contributed by atoms with Gasteiger partial charge in [0.15, 0.2) is 0 Å². The predicted molar refractivity (Wildman–Crippen MR) is 58.8 cm³/mol. The van der Waals surface area contributed by atoms with Crippen LogP contribution >= 0.6 is 0 Å². The molecule has 1 aliphatic rings. The lowest BCUT2D eigenvalue weighted by molar-refractivity contribution is 0.410. The lowest BCUT2D eigenvalue weighted by Gasteiger charge is -2.21. The average Bonchev–Trinajstić information content (AvgIpc) is 2.20. The molecule has 0 amide bonds. The maximum atomic E-state index is 9.37. The minimum absolute atomic E-state index is 0.273. The van der Waals surface area contributed by atoms with Crippen molar-refractivity contribution in [2.45, 2.75) is 27.2 Å². The number of hydrazone groups is 1. The van der Waals surface area contributed by atoms with Gasteiger partial charge in [-0.2, -0.15) is 5.10 Å². The normalized spacial score (nSPS) is 20.2. The Labute approximate surface area is 84.7 Å². The molecule has 3 nitrogen and oxygen atoms in total. The monoisotopic (exact) mass is 192 g/mol. The molecular weight excluding hydrogens is 176 g/mol. The van der Waals surface area contributed by atoms with Gasteiger partial charge in [-0.05, 0) is 31.9 Å². The van der Waals surface area contributed by atoms with E-state index in [-0.39, 0.29) is 5.76 Å². The highest BCUT2D eigenvalue weighted by Crippen LogP contribution is 2.21. The van der Waals surface area contributed by atoms with E-state index in [1.165, 1.54) is 5.57 Å². The zero-order valence-electron chi connectivity index (χ0n) is 8.86. The summed E-state index contributed by atoms with van der Waals surface area (Å²) in [5.74, 6) is 0.273. The SMILES string of the molecule is C/C=N\N1C=CC(O)=C/C1=C(\C)CC. The molecule has 3 heteroatoms. The molecule has 1 N–H and O–H groups in total. The largest absolute Gasteiger partial charge is 0.508 e. The van der Waals surface area contributed by atoms with Crippen molar-refractivity contribution in [1.29, 1.82) is 0 Å². The van der Waals surface area contributed by atoms with Crippen LogP contribution in [0, 0.1) is 0 Å². The Bertz CT molecular complexity index is 324. The minimum atomic E-state index is 0.273. The van der Waals surface area contributed by atoms with Gasteiger partial charge in [0.2, 0.25) is 0 Å². The molecule has 0 atom stereocenters. The molecule has 0 fully saturated rings. The van der Waals surface area contributed by atoms with E-state index >= 15 is 0 Å². The molecule has 0 radical (unpaired) electrons. The standard InChI is InChI=1S/C11H16N2O/c1-4-9(3)11-8-10(14)6-7-13(11)12-5-2/h5-8,14H,4H2,1-3H3/b11-9-,12-5-. The number of aliphatic hydroxyl groups excluding tert-OH is 1. The molecule has 1 heterocycles. The molecule has 76 valence electrons. The van der Waals surface area contributed by atoms with Crippen molar-refractivity contribution >= 4 is 6.21 Å². The molecule has 0 aromatic carbocycles. The number of rotatable bonds is 2. The molecule has 0 saturated carbocycles. The first-order valence-electron chi connectivity index (χ1n) is 4.75. The second-order valence-corrected chi connectivity index (χ2v) is 3.12. The Kier molecular flexibility index (Phi) is 3.51. The van der Waals surface area contributed by atoms with Crippen molar-refractivity contribution in [3.8, 4) is 0 Å². The van der Waals surface area contributed by atoms with E-state index < -0.39 is 0 Å². The van der Waals surface area contributed by atoms with Gasteiger partial charge in [0.05, 0.1) is 5.70 Å². The molecule has 0 aliphatic carbocycles. The summed E-state index contributed by atoms with van der Waals surface area (Å²) in [6, 6.07) is 0. The Morgan fingerprint density at radius 1 is 1.64 bits per heavy atom. The van der Waals surface area contributed by atoms with Crippen LogP contribution in [0.5, 0.6) is 0 Å². The highest BCUT2D eigenvalue weighted by atomic mass is 16.3. The summed E-state index contributed by atoms with van der Waals surface area (Å²) in [6.45, 7) is 5.99. The van der Waals surface area contributed by atoms with Crippen LogP contribution in [0.4, 0.5) is 0 Å². The molecule has 0 aromatic heterocycles. The van der Waals surface area contributed by atoms with Gasteiger partial charge in [-0.25, -0.2) is 5.01 Å². The van der Waals surface area contributed by atoms with E-state index in [9.17, 15) is 5.11 Å². The van der Waals surface area contributed by atoms with Gasteiger partial charge in [0, 0.05) is 18.5 Å². The van der Waals surface area contributed by atoms with E-state index in [0.29, 0.717) is 0 Å². The number of allylic oxidation sites excluding steroid dienone is 3. The minimum Gasteiger partial charge on any atom is -0.508 e. The van der Waals surface area contributed by atoms with Crippen molar-refractivity contribution in [3.63, 3.8) is 0 Å². The Morgan fingerprint density at radius 2 is 2.36 bits per heavy atom. The Morgan fingerprint density at radius 3 is 2.93 bits per heavy atom. The van der Waals surface area contributed by atoms with Crippen LogP contribution in [0.3, 0.4) is 0 Å². The summed E-state index contributed by atoms with van der Waals surface area (Å²) >= 11 is 0. The smallest absolute Gasteiger partial charge is 0.119 e. The number of aliphatic hydroxyl groups is 1. The predicted octanol–water partition coefficient (Wildman–Crippen LogP) is 2.95. The van der Waals surface area contributed by atoms with Crippen LogP contribution in [0.2, 0.25) is 0 Å². The first-order valence-corrected chi connectivity index (χ1v) is 4.75. The quantitative estimate of drug-likeness (QED) is 0.683. The molecule has 0 spiro atoms.